The Kier molecular flexibility index (Phi) is 2.86. The maximum atomic E-state index is 10.9. The molecule has 0 atom stereocenters. The number of nitro benzene ring substituents is 1. The predicted molar refractivity (Wildman–Crippen MR) is 62.5 cm³/mol. The molecule has 0 unspecified atom stereocenters. The smallest absolute Gasteiger partial charge is 0.274 e. The van der Waals surface area contributed by atoms with Crippen LogP contribution in [-0.2, 0) is 6.42 Å². The van der Waals surface area contributed by atoms with E-state index >= 15 is 0 Å². The van der Waals surface area contributed by atoms with E-state index in [4.69, 9.17) is 17.3 Å². The van der Waals surface area contributed by atoms with Crippen LogP contribution in [0.15, 0.2) is 18.2 Å². The highest BCUT2D eigenvalue weighted by atomic mass is 35.5. The first-order chi connectivity index (χ1) is 7.58. The second kappa shape index (κ2) is 4.03. The highest BCUT2D eigenvalue weighted by molar-refractivity contribution is 6.31. The topological polar surface area (TPSA) is 69.2 Å². The van der Waals surface area contributed by atoms with E-state index in [1.165, 1.54) is 6.07 Å². The number of nitro groups is 1. The van der Waals surface area contributed by atoms with Crippen LogP contribution >= 0.6 is 11.6 Å². The number of benzene rings is 1. The Balaban J connectivity index is 2.35. The van der Waals surface area contributed by atoms with E-state index < -0.39 is 0 Å². The third kappa shape index (κ3) is 2.03. The SMILES string of the molecule is NCC1(Cc2c(Cl)cccc2[N+](=O)[O-])CC1. The van der Waals surface area contributed by atoms with Gasteiger partial charge in [0.2, 0.25) is 0 Å². The van der Waals surface area contributed by atoms with Gasteiger partial charge in [0.1, 0.15) is 0 Å². The monoisotopic (exact) mass is 240 g/mol. The molecule has 86 valence electrons. The summed E-state index contributed by atoms with van der Waals surface area (Å²) in [5.74, 6) is 0. The number of nitrogens with zero attached hydrogens (tertiary/aromatic N) is 1. The molecule has 2 N–H and O–H groups in total. The molecule has 4 nitrogen and oxygen atoms in total. The van der Waals surface area contributed by atoms with Gasteiger partial charge >= 0.3 is 0 Å². The first-order valence-electron chi connectivity index (χ1n) is 5.20. The molecule has 5 heteroatoms. The summed E-state index contributed by atoms with van der Waals surface area (Å²) in [5.41, 5.74) is 6.46. The van der Waals surface area contributed by atoms with Gasteiger partial charge in [-0.1, -0.05) is 17.7 Å². The average Bonchev–Trinajstić information content (AvgIpc) is 3.01. The maximum Gasteiger partial charge on any atom is 0.274 e. The van der Waals surface area contributed by atoms with Gasteiger partial charge in [0.05, 0.1) is 9.95 Å². The first kappa shape index (κ1) is 11.4. The van der Waals surface area contributed by atoms with Crippen LogP contribution in [0.4, 0.5) is 5.69 Å². The molecule has 1 aliphatic carbocycles. The molecule has 1 fully saturated rings. The zero-order chi connectivity index (χ0) is 11.8. The van der Waals surface area contributed by atoms with E-state index in [0.29, 0.717) is 23.6 Å². The normalized spacial score (nSPS) is 17.1. The summed E-state index contributed by atoms with van der Waals surface area (Å²) < 4.78 is 0. The largest absolute Gasteiger partial charge is 0.330 e. The van der Waals surface area contributed by atoms with Crippen molar-refractivity contribution in [3.63, 3.8) is 0 Å². The molecule has 1 aliphatic rings. The molecule has 0 amide bonds. The number of hydrogen-bond acceptors (Lipinski definition) is 3. The number of hydrogen-bond donors (Lipinski definition) is 1. The van der Waals surface area contributed by atoms with Gasteiger partial charge < -0.3 is 5.73 Å². The van der Waals surface area contributed by atoms with Gasteiger partial charge in [0.25, 0.3) is 5.69 Å². The fraction of sp³-hybridized carbons (Fsp3) is 0.455. The Hall–Kier alpha value is -1.13. The lowest BCUT2D eigenvalue weighted by atomic mass is 9.95. The lowest BCUT2D eigenvalue weighted by molar-refractivity contribution is -0.385. The van der Waals surface area contributed by atoms with Gasteiger partial charge in [0.15, 0.2) is 0 Å². The molecule has 2 rings (SSSR count). The van der Waals surface area contributed by atoms with E-state index in [1.54, 1.807) is 12.1 Å². The summed E-state index contributed by atoms with van der Waals surface area (Å²) in [6.07, 6.45) is 2.68. The lowest BCUT2D eigenvalue weighted by Crippen LogP contribution is -2.18. The van der Waals surface area contributed by atoms with Crippen LogP contribution in [0.25, 0.3) is 0 Å². The Morgan fingerprint density at radius 3 is 2.69 bits per heavy atom. The molecule has 0 spiro atoms. The first-order valence-corrected chi connectivity index (χ1v) is 5.58. The zero-order valence-corrected chi connectivity index (χ0v) is 9.54. The molecular weight excluding hydrogens is 228 g/mol. The van der Waals surface area contributed by atoms with Gasteiger partial charge in [-0.15, -0.1) is 0 Å². The second-order valence-corrected chi connectivity index (χ2v) is 4.78. The Morgan fingerprint density at radius 2 is 2.19 bits per heavy atom. The number of rotatable bonds is 4. The van der Waals surface area contributed by atoms with Crippen LogP contribution < -0.4 is 5.73 Å². The van der Waals surface area contributed by atoms with Crippen LogP contribution in [0.3, 0.4) is 0 Å². The van der Waals surface area contributed by atoms with Gasteiger partial charge in [-0.05, 0) is 37.3 Å². The van der Waals surface area contributed by atoms with Crippen molar-refractivity contribution in [3.8, 4) is 0 Å². The van der Waals surface area contributed by atoms with Crippen LogP contribution in [0, 0.1) is 15.5 Å². The average molecular weight is 241 g/mol. The molecule has 16 heavy (non-hydrogen) atoms. The van der Waals surface area contributed by atoms with Crippen LogP contribution in [0.1, 0.15) is 18.4 Å². The highest BCUT2D eigenvalue weighted by Gasteiger charge is 2.42. The molecule has 1 aromatic carbocycles. The van der Waals surface area contributed by atoms with Crippen molar-refractivity contribution < 1.29 is 4.92 Å². The minimum atomic E-state index is -0.381. The predicted octanol–water partition coefficient (Wildman–Crippen LogP) is 2.53. The number of halogens is 1. The summed E-state index contributed by atoms with van der Waals surface area (Å²) in [6, 6.07) is 4.79. The van der Waals surface area contributed by atoms with Crippen LogP contribution in [0.5, 0.6) is 0 Å². The van der Waals surface area contributed by atoms with Crippen LogP contribution in [-0.4, -0.2) is 11.5 Å². The van der Waals surface area contributed by atoms with E-state index in [1.807, 2.05) is 0 Å². The standard InChI is InChI=1S/C11H13ClN2O2/c12-9-2-1-3-10(14(15)16)8(9)6-11(7-13)4-5-11/h1-3H,4-7,13H2. The lowest BCUT2D eigenvalue weighted by Gasteiger charge is -2.13. The Morgan fingerprint density at radius 1 is 1.50 bits per heavy atom. The molecule has 0 aliphatic heterocycles. The van der Waals surface area contributed by atoms with Crippen molar-refractivity contribution in [1.29, 1.82) is 0 Å². The van der Waals surface area contributed by atoms with E-state index in [-0.39, 0.29) is 16.0 Å². The molecule has 0 heterocycles. The second-order valence-electron chi connectivity index (χ2n) is 4.38. The van der Waals surface area contributed by atoms with Crippen molar-refractivity contribution in [3.05, 3.63) is 38.9 Å². The van der Waals surface area contributed by atoms with E-state index in [9.17, 15) is 10.1 Å². The molecule has 0 bridgehead atoms. The number of nitrogens with two attached hydrogens (primary N) is 1. The zero-order valence-electron chi connectivity index (χ0n) is 8.78. The molecule has 0 aromatic heterocycles. The summed E-state index contributed by atoms with van der Waals surface area (Å²) >= 11 is 6.02. The minimum absolute atomic E-state index is 0.0513. The Bertz CT molecular complexity index is 430. The fourth-order valence-corrected chi connectivity index (χ4v) is 2.13. The van der Waals surface area contributed by atoms with E-state index in [2.05, 4.69) is 0 Å². The summed E-state index contributed by atoms with van der Waals surface area (Å²) in [6.45, 7) is 0.565. The third-order valence-electron chi connectivity index (χ3n) is 3.23. The maximum absolute atomic E-state index is 10.9. The molecule has 1 saturated carbocycles. The molecule has 1 aromatic rings. The van der Waals surface area contributed by atoms with E-state index in [0.717, 1.165) is 12.8 Å². The quantitative estimate of drug-likeness (QED) is 0.650. The van der Waals surface area contributed by atoms with Crippen molar-refractivity contribution in [1.82, 2.24) is 0 Å². The van der Waals surface area contributed by atoms with Crippen molar-refractivity contribution in [2.24, 2.45) is 11.1 Å². The molecule has 0 radical (unpaired) electrons. The Labute approximate surface area is 98.5 Å². The van der Waals surface area contributed by atoms with Gasteiger partial charge in [-0.3, -0.25) is 10.1 Å². The van der Waals surface area contributed by atoms with Crippen LogP contribution in [0.2, 0.25) is 5.02 Å². The summed E-state index contributed by atoms with van der Waals surface area (Å²) in [7, 11) is 0. The molecular formula is C11H13ClN2O2. The van der Waals surface area contributed by atoms with Gasteiger partial charge in [0, 0.05) is 11.6 Å². The van der Waals surface area contributed by atoms with Crippen molar-refractivity contribution in [2.75, 3.05) is 6.54 Å². The fourth-order valence-electron chi connectivity index (χ4n) is 1.90. The van der Waals surface area contributed by atoms with Gasteiger partial charge in [-0.2, -0.15) is 0 Å². The minimum Gasteiger partial charge on any atom is -0.330 e. The molecule has 0 saturated heterocycles. The third-order valence-corrected chi connectivity index (χ3v) is 3.59. The highest BCUT2D eigenvalue weighted by Crippen LogP contribution is 2.49. The van der Waals surface area contributed by atoms with Crippen molar-refractivity contribution in [2.45, 2.75) is 19.3 Å². The van der Waals surface area contributed by atoms with Crippen molar-refractivity contribution >= 4 is 17.3 Å². The summed E-state index contributed by atoms with van der Waals surface area (Å²) in [5, 5.41) is 11.4. The van der Waals surface area contributed by atoms with Gasteiger partial charge in [-0.25, -0.2) is 0 Å². The summed E-state index contributed by atoms with van der Waals surface area (Å²) in [4.78, 5) is 10.5.